The molecule has 1 unspecified atom stereocenters. The highest BCUT2D eigenvalue weighted by Crippen LogP contribution is 2.33. The third-order valence-corrected chi connectivity index (χ3v) is 3.02. The molecule has 1 atom stereocenters. The number of hydrogen-bond donors (Lipinski definition) is 1. The Morgan fingerprint density at radius 2 is 2.21 bits per heavy atom. The smallest absolute Gasteiger partial charge is 0.0737 e. The number of aromatic nitrogens is 1. The number of fused-ring (bicyclic) bond motifs is 3. The van der Waals surface area contributed by atoms with Crippen molar-refractivity contribution in [3.05, 3.63) is 41.6 Å². The quantitative estimate of drug-likeness (QED) is 0.681. The van der Waals surface area contributed by atoms with E-state index in [1.807, 2.05) is 12.3 Å². The first-order valence-corrected chi connectivity index (χ1v) is 4.98. The molecule has 0 saturated carbocycles. The van der Waals surface area contributed by atoms with Gasteiger partial charge in [-0.3, -0.25) is 4.98 Å². The van der Waals surface area contributed by atoms with Crippen LogP contribution in [0.4, 0.5) is 0 Å². The van der Waals surface area contributed by atoms with Crippen LogP contribution in [0.1, 0.15) is 23.6 Å². The van der Waals surface area contributed by atoms with Crippen molar-refractivity contribution in [1.29, 1.82) is 0 Å². The number of pyridine rings is 1. The van der Waals surface area contributed by atoms with Crippen LogP contribution in [0.15, 0.2) is 30.5 Å². The molecule has 0 bridgehead atoms. The molecule has 0 aliphatic heterocycles. The molecule has 1 aliphatic carbocycles. The fourth-order valence-corrected chi connectivity index (χ4v) is 2.29. The maximum atomic E-state index is 6.01. The van der Waals surface area contributed by atoms with Crippen molar-refractivity contribution >= 4 is 10.9 Å². The molecule has 2 nitrogen and oxygen atoms in total. The van der Waals surface area contributed by atoms with E-state index in [-0.39, 0.29) is 6.04 Å². The maximum absolute atomic E-state index is 6.01. The van der Waals surface area contributed by atoms with Gasteiger partial charge >= 0.3 is 0 Å². The van der Waals surface area contributed by atoms with Gasteiger partial charge in [-0.25, -0.2) is 0 Å². The Bertz CT molecular complexity index is 491. The molecule has 0 amide bonds. The summed E-state index contributed by atoms with van der Waals surface area (Å²) in [5.74, 6) is 0. The number of nitrogens with zero attached hydrogens (tertiary/aromatic N) is 1. The first-order valence-electron chi connectivity index (χ1n) is 4.98. The van der Waals surface area contributed by atoms with Gasteiger partial charge in [-0.05, 0) is 30.0 Å². The van der Waals surface area contributed by atoms with Crippen LogP contribution in [0.5, 0.6) is 0 Å². The Labute approximate surface area is 82.8 Å². The Hall–Kier alpha value is -1.41. The van der Waals surface area contributed by atoms with Gasteiger partial charge in [0, 0.05) is 17.6 Å². The number of hydrogen-bond acceptors (Lipinski definition) is 2. The minimum atomic E-state index is 0.219. The summed E-state index contributed by atoms with van der Waals surface area (Å²) in [6, 6.07) is 8.57. The van der Waals surface area contributed by atoms with Crippen molar-refractivity contribution in [2.75, 3.05) is 0 Å². The molecule has 14 heavy (non-hydrogen) atoms. The van der Waals surface area contributed by atoms with Crippen LogP contribution in [0, 0.1) is 0 Å². The van der Waals surface area contributed by atoms with Crippen LogP contribution in [0.3, 0.4) is 0 Å². The molecular weight excluding hydrogens is 172 g/mol. The van der Waals surface area contributed by atoms with Crippen LogP contribution < -0.4 is 5.73 Å². The molecule has 1 heterocycles. The first-order chi connectivity index (χ1) is 6.86. The highest BCUT2D eigenvalue weighted by Gasteiger charge is 2.20. The molecular formula is C12H12N2. The first kappa shape index (κ1) is 7.94. The van der Waals surface area contributed by atoms with Crippen LogP contribution in [-0.2, 0) is 6.42 Å². The van der Waals surface area contributed by atoms with Crippen LogP contribution in [0.25, 0.3) is 10.9 Å². The summed E-state index contributed by atoms with van der Waals surface area (Å²) in [7, 11) is 0. The van der Waals surface area contributed by atoms with E-state index in [1.165, 1.54) is 16.5 Å². The van der Waals surface area contributed by atoms with Gasteiger partial charge in [0.2, 0.25) is 0 Å². The third kappa shape index (κ3) is 0.976. The van der Waals surface area contributed by atoms with Gasteiger partial charge in [0.25, 0.3) is 0 Å². The Morgan fingerprint density at radius 1 is 1.29 bits per heavy atom. The number of benzene rings is 1. The van der Waals surface area contributed by atoms with Gasteiger partial charge in [-0.15, -0.1) is 0 Å². The maximum Gasteiger partial charge on any atom is 0.0737 e. The van der Waals surface area contributed by atoms with Crippen molar-refractivity contribution in [3.63, 3.8) is 0 Å². The largest absolute Gasteiger partial charge is 0.324 e. The van der Waals surface area contributed by atoms with Gasteiger partial charge in [0.15, 0.2) is 0 Å². The van der Waals surface area contributed by atoms with Crippen LogP contribution >= 0.6 is 0 Å². The lowest BCUT2D eigenvalue weighted by Crippen LogP contribution is -2.04. The average Bonchev–Trinajstić information content (AvgIpc) is 2.61. The fraction of sp³-hybridized carbons (Fsp3) is 0.250. The molecule has 0 fully saturated rings. The van der Waals surface area contributed by atoms with E-state index >= 15 is 0 Å². The molecule has 1 aliphatic rings. The van der Waals surface area contributed by atoms with E-state index in [1.54, 1.807) is 0 Å². The molecule has 1 aromatic carbocycles. The summed E-state index contributed by atoms with van der Waals surface area (Å²) < 4.78 is 0. The summed E-state index contributed by atoms with van der Waals surface area (Å²) in [4.78, 5) is 4.43. The molecule has 2 heteroatoms. The summed E-state index contributed by atoms with van der Waals surface area (Å²) in [5.41, 5.74) is 9.79. The van der Waals surface area contributed by atoms with Gasteiger partial charge in [0.05, 0.1) is 5.52 Å². The van der Waals surface area contributed by atoms with Gasteiger partial charge < -0.3 is 5.73 Å². The van der Waals surface area contributed by atoms with Crippen molar-refractivity contribution in [3.8, 4) is 0 Å². The molecule has 0 saturated heterocycles. The second-order valence-corrected chi connectivity index (χ2v) is 3.85. The predicted octanol–water partition coefficient (Wildman–Crippen LogP) is 2.18. The molecule has 0 radical (unpaired) electrons. The Kier molecular flexibility index (Phi) is 1.58. The lowest BCUT2D eigenvalue weighted by Gasteiger charge is -2.06. The molecule has 1 aromatic heterocycles. The molecule has 0 spiro atoms. The zero-order valence-electron chi connectivity index (χ0n) is 7.90. The van der Waals surface area contributed by atoms with E-state index in [0.29, 0.717) is 0 Å². The standard InChI is InChI=1S/C12H12N2/c13-11-6-5-10-9(11)4-3-8-2-1-7-14-12(8)10/h1-4,7,11H,5-6,13H2. The van der Waals surface area contributed by atoms with E-state index in [0.717, 1.165) is 18.4 Å². The van der Waals surface area contributed by atoms with Gasteiger partial charge in [-0.2, -0.15) is 0 Å². The monoisotopic (exact) mass is 184 g/mol. The second-order valence-electron chi connectivity index (χ2n) is 3.85. The lowest BCUT2D eigenvalue weighted by atomic mass is 10.0. The minimum Gasteiger partial charge on any atom is -0.324 e. The lowest BCUT2D eigenvalue weighted by molar-refractivity contribution is 0.713. The topological polar surface area (TPSA) is 38.9 Å². The van der Waals surface area contributed by atoms with E-state index < -0.39 is 0 Å². The van der Waals surface area contributed by atoms with Crippen molar-refractivity contribution < 1.29 is 0 Å². The number of rotatable bonds is 0. The van der Waals surface area contributed by atoms with Crippen LogP contribution in [-0.4, -0.2) is 4.98 Å². The minimum absolute atomic E-state index is 0.219. The Morgan fingerprint density at radius 3 is 3.14 bits per heavy atom. The Balaban J connectivity index is 2.38. The van der Waals surface area contributed by atoms with E-state index in [9.17, 15) is 0 Å². The normalized spacial score (nSPS) is 19.9. The number of aryl methyl sites for hydroxylation is 1. The van der Waals surface area contributed by atoms with Crippen molar-refractivity contribution in [2.45, 2.75) is 18.9 Å². The van der Waals surface area contributed by atoms with E-state index in [2.05, 4.69) is 23.2 Å². The molecule has 70 valence electrons. The zero-order chi connectivity index (χ0) is 9.54. The SMILES string of the molecule is NC1CCc2c1ccc1cccnc21. The molecule has 3 rings (SSSR count). The van der Waals surface area contributed by atoms with Gasteiger partial charge in [-0.1, -0.05) is 18.2 Å². The highest BCUT2D eigenvalue weighted by atomic mass is 14.7. The predicted molar refractivity (Wildman–Crippen MR) is 57.0 cm³/mol. The third-order valence-electron chi connectivity index (χ3n) is 3.02. The number of nitrogens with two attached hydrogens (primary N) is 1. The highest BCUT2D eigenvalue weighted by molar-refractivity contribution is 5.83. The summed E-state index contributed by atoms with van der Waals surface area (Å²) in [6.07, 6.45) is 3.99. The summed E-state index contributed by atoms with van der Waals surface area (Å²) >= 11 is 0. The zero-order valence-corrected chi connectivity index (χ0v) is 7.90. The van der Waals surface area contributed by atoms with E-state index in [4.69, 9.17) is 5.73 Å². The van der Waals surface area contributed by atoms with Crippen LogP contribution in [0.2, 0.25) is 0 Å². The summed E-state index contributed by atoms with van der Waals surface area (Å²) in [6.45, 7) is 0. The van der Waals surface area contributed by atoms with Gasteiger partial charge in [0.1, 0.15) is 0 Å². The second kappa shape index (κ2) is 2.79. The molecule has 2 N–H and O–H groups in total. The average molecular weight is 184 g/mol. The van der Waals surface area contributed by atoms with Crippen molar-refractivity contribution in [2.24, 2.45) is 5.73 Å². The summed E-state index contributed by atoms with van der Waals surface area (Å²) in [5, 5.41) is 1.22. The van der Waals surface area contributed by atoms with Crippen molar-refractivity contribution in [1.82, 2.24) is 4.98 Å². The molecule has 2 aromatic rings. The fourth-order valence-electron chi connectivity index (χ4n) is 2.29.